The summed E-state index contributed by atoms with van der Waals surface area (Å²) >= 11 is 0. The van der Waals surface area contributed by atoms with E-state index in [2.05, 4.69) is 0 Å². The number of phenols is 1. The predicted octanol–water partition coefficient (Wildman–Crippen LogP) is 3.01. The minimum atomic E-state index is -3.45. The molecule has 0 aliphatic carbocycles. The Bertz CT molecular complexity index is 470. The molecule has 0 saturated heterocycles. The maximum absolute atomic E-state index is 12.6. The number of phenolic OH excluding ortho intramolecular Hbond substituents is 1. The highest BCUT2D eigenvalue weighted by molar-refractivity contribution is 7.54. The van der Waals surface area contributed by atoms with Crippen LogP contribution in [-0.4, -0.2) is 24.9 Å². The van der Waals surface area contributed by atoms with E-state index in [0.717, 1.165) is 0 Å². The van der Waals surface area contributed by atoms with Crippen molar-refractivity contribution >= 4 is 7.60 Å². The lowest BCUT2D eigenvalue weighted by Gasteiger charge is -2.23. The van der Waals surface area contributed by atoms with Crippen LogP contribution in [0.25, 0.3) is 0 Å². The molecule has 114 valence electrons. The van der Waals surface area contributed by atoms with Crippen LogP contribution in [0.2, 0.25) is 0 Å². The number of ether oxygens (including phenoxy) is 1. The Kier molecular flexibility index (Phi) is 6.49. The molecule has 0 bridgehead atoms. The molecule has 0 aliphatic heterocycles. The molecular formula is C13H22NO5P. The first-order valence-electron chi connectivity index (χ1n) is 6.58. The standard InChI is InChI=1S/C13H22NO5P/c1-4-17-12-9-10(7-8-11(12)15)13(14)20(16,18-5-2)19-6-3/h7-9,13,15H,4-6,14H2,1-3H3/t13-/m1/s1. The highest BCUT2D eigenvalue weighted by Gasteiger charge is 2.34. The summed E-state index contributed by atoms with van der Waals surface area (Å²) in [4.78, 5) is 0. The van der Waals surface area contributed by atoms with Crippen LogP contribution < -0.4 is 10.5 Å². The van der Waals surface area contributed by atoms with Gasteiger partial charge >= 0.3 is 7.60 Å². The third-order valence-electron chi connectivity index (χ3n) is 2.58. The molecule has 1 aromatic rings. The Morgan fingerprint density at radius 3 is 2.30 bits per heavy atom. The molecule has 0 heterocycles. The Hall–Kier alpha value is -1.07. The minimum absolute atomic E-state index is 0.00505. The van der Waals surface area contributed by atoms with Crippen LogP contribution in [0.1, 0.15) is 32.1 Å². The first kappa shape index (κ1) is 17.0. The summed E-state index contributed by atoms with van der Waals surface area (Å²) < 4.78 is 28.3. The third kappa shape index (κ3) is 3.96. The third-order valence-corrected chi connectivity index (χ3v) is 4.80. The zero-order valence-electron chi connectivity index (χ0n) is 12.0. The van der Waals surface area contributed by atoms with Gasteiger partial charge in [0.25, 0.3) is 0 Å². The van der Waals surface area contributed by atoms with Gasteiger partial charge in [-0.3, -0.25) is 4.57 Å². The fourth-order valence-electron chi connectivity index (χ4n) is 1.73. The summed E-state index contributed by atoms with van der Waals surface area (Å²) in [6, 6.07) is 4.57. The monoisotopic (exact) mass is 303 g/mol. The van der Waals surface area contributed by atoms with Crippen molar-refractivity contribution in [3.63, 3.8) is 0 Å². The second-order valence-corrected chi connectivity index (χ2v) is 6.13. The molecule has 7 heteroatoms. The molecule has 0 fully saturated rings. The van der Waals surface area contributed by atoms with Gasteiger partial charge in [-0.05, 0) is 38.5 Å². The summed E-state index contributed by atoms with van der Waals surface area (Å²) in [5.74, 6) is -0.632. The van der Waals surface area contributed by atoms with Crippen molar-refractivity contribution < 1.29 is 23.5 Å². The molecule has 1 rings (SSSR count). The van der Waals surface area contributed by atoms with Crippen molar-refractivity contribution in [3.05, 3.63) is 23.8 Å². The lowest BCUT2D eigenvalue weighted by molar-refractivity contribution is 0.212. The number of hydrogen-bond acceptors (Lipinski definition) is 6. The number of aromatic hydroxyl groups is 1. The van der Waals surface area contributed by atoms with E-state index in [1.807, 2.05) is 0 Å². The zero-order valence-corrected chi connectivity index (χ0v) is 12.9. The van der Waals surface area contributed by atoms with E-state index in [1.165, 1.54) is 6.07 Å². The van der Waals surface area contributed by atoms with Gasteiger partial charge in [0.15, 0.2) is 11.5 Å². The topological polar surface area (TPSA) is 91.0 Å². The van der Waals surface area contributed by atoms with Gasteiger partial charge in [0, 0.05) is 0 Å². The second kappa shape index (κ2) is 7.64. The quantitative estimate of drug-likeness (QED) is 0.717. The van der Waals surface area contributed by atoms with Crippen molar-refractivity contribution in [1.29, 1.82) is 0 Å². The van der Waals surface area contributed by atoms with Crippen molar-refractivity contribution in [2.75, 3.05) is 19.8 Å². The predicted molar refractivity (Wildman–Crippen MR) is 77.1 cm³/mol. The molecule has 3 N–H and O–H groups in total. The van der Waals surface area contributed by atoms with Gasteiger partial charge in [-0.15, -0.1) is 0 Å². The van der Waals surface area contributed by atoms with E-state index < -0.39 is 13.4 Å². The van der Waals surface area contributed by atoms with E-state index in [9.17, 15) is 9.67 Å². The molecule has 0 aromatic heterocycles. The smallest absolute Gasteiger partial charge is 0.351 e. The highest BCUT2D eigenvalue weighted by Crippen LogP contribution is 2.58. The van der Waals surface area contributed by atoms with Crippen molar-refractivity contribution in [2.45, 2.75) is 26.6 Å². The lowest BCUT2D eigenvalue weighted by Crippen LogP contribution is -2.15. The summed E-state index contributed by atoms with van der Waals surface area (Å²) in [7, 11) is -3.45. The Balaban J connectivity index is 3.08. The normalized spacial score (nSPS) is 13.2. The van der Waals surface area contributed by atoms with Gasteiger partial charge in [-0.25, -0.2) is 0 Å². The van der Waals surface area contributed by atoms with Gasteiger partial charge in [0.05, 0.1) is 19.8 Å². The van der Waals surface area contributed by atoms with Gasteiger partial charge in [0.2, 0.25) is 0 Å². The van der Waals surface area contributed by atoms with Crippen LogP contribution in [0.4, 0.5) is 0 Å². The van der Waals surface area contributed by atoms with E-state index in [0.29, 0.717) is 17.9 Å². The Morgan fingerprint density at radius 1 is 1.20 bits per heavy atom. The molecule has 6 nitrogen and oxygen atoms in total. The molecule has 0 radical (unpaired) electrons. The van der Waals surface area contributed by atoms with Crippen molar-refractivity contribution in [1.82, 2.24) is 0 Å². The van der Waals surface area contributed by atoms with Crippen LogP contribution in [0, 0.1) is 0 Å². The number of hydrogen-bond donors (Lipinski definition) is 2. The summed E-state index contributed by atoms with van der Waals surface area (Å²) in [5.41, 5.74) is 6.53. The first-order valence-corrected chi connectivity index (χ1v) is 8.19. The summed E-state index contributed by atoms with van der Waals surface area (Å²) in [6.07, 6.45) is 0. The fraction of sp³-hybridized carbons (Fsp3) is 0.538. The summed E-state index contributed by atoms with van der Waals surface area (Å²) in [6.45, 7) is 6.13. The molecular weight excluding hydrogens is 281 g/mol. The lowest BCUT2D eigenvalue weighted by atomic mass is 10.2. The van der Waals surface area contributed by atoms with Crippen LogP contribution in [0.15, 0.2) is 18.2 Å². The molecule has 1 atom stereocenters. The van der Waals surface area contributed by atoms with Crippen molar-refractivity contribution in [2.24, 2.45) is 5.73 Å². The number of benzene rings is 1. The molecule has 0 amide bonds. The summed E-state index contributed by atoms with van der Waals surface area (Å²) in [5, 5.41) is 9.66. The molecule has 1 aromatic carbocycles. The maximum atomic E-state index is 12.6. The average molecular weight is 303 g/mol. The van der Waals surface area contributed by atoms with Crippen molar-refractivity contribution in [3.8, 4) is 11.5 Å². The molecule has 20 heavy (non-hydrogen) atoms. The highest BCUT2D eigenvalue weighted by atomic mass is 31.2. The van der Waals surface area contributed by atoms with E-state index >= 15 is 0 Å². The average Bonchev–Trinajstić information content (AvgIpc) is 2.41. The first-order chi connectivity index (χ1) is 9.48. The fourth-order valence-corrected chi connectivity index (χ4v) is 3.37. The van der Waals surface area contributed by atoms with E-state index in [4.69, 9.17) is 19.5 Å². The number of rotatable bonds is 8. The van der Waals surface area contributed by atoms with Crippen LogP contribution >= 0.6 is 7.60 Å². The van der Waals surface area contributed by atoms with Gasteiger partial charge in [-0.1, -0.05) is 6.07 Å². The Morgan fingerprint density at radius 2 is 1.80 bits per heavy atom. The second-order valence-electron chi connectivity index (χ2n) is 3.98. The van der Waals surface area contributed by atoms with E-state index in [1.54, 1.807) is 32.9 Å². The molecule has 0 saturated carbocycles. The van der Waals surface area contributed by atoms with Crippen LogP contribution in [0.3, 0.4) is 0 Å². The van der Waals surface area contributed by atoms with Gasteiger partial charge in [-0.2, -0.15) is 0 Å². The zero-order chi connectivity index (χ0) is 15.2. The number of nitrogens with two attached hydrogens (primary N) is 1. The van der Waals surface area contributed by atoms with E-state index in [-0.39, 0.29) is 19.0 Å². The molecule has 0 spiro atoms. The Labute approximate surface area is 119 Å². The van der Waals surface area contributed by atoms with Crippen LogP contribution in [0.5, 0.6) is 11.5 Å². The molecule has 0 aliphatic rings. The maximum Gasteiger partial charge on any atom is 0.351 e. The SMILES string of the molecule is CCOc1cc([C@H](N)P(=O)(OCC)OCC)ccc1O. The largest absolute Gasteiger partial charge is 0.504 e. The van der Waals surface area contributed by atoms with Crippen LogP contribution in [-0.2, 0) is 13.6 Å². The van der Waals surface area contributed by atoms with Gasteiger partial charge in [0.1, 0.15) is 5.78 Å². The minimum Gasteiger partial charge on any atom is -0.504 e. The molecule has 0 unspecified atom stereocenters. The van der Waals surface area contributed by atoms with Gasteiger partial charge < -0.3 is 24.6 Å².